The summed E-state index contributed by atoms with van der Waals surface area (Å²) < 4.78 is 9.31. The molecular weight excluding hydrogens is 226 g/mol. The maximum Gasteiger partial charge on any atom is 0.350 e. The van der Waals surface area contributed by atoms with Crippen LogP contribution < -0.4 is 0 Å². The molecule has 1 atom stereocenters. The maximum atomic E-state index is 11.6. The molecular formula is C11H13NO5. The summed E-state index contributed by atoms with van der Waals surface area (Å²) in [4.78, 5) is 26.7. The molecule has 17 heavy (non-hydrogen) atoms. The fourth-order valence-corrected chi connectivity index (χ4v) is 1.40. The van der Waals surface area contributed by atoms with Gasteiger partial charge in [-0.1, -0.05) is 6.07 Å². The highest BCUT2D eigenvalue weighted by molar-refractivity contribution is 6.03. The summed E-state index contributed by atoms with van der Waals surface area (Å²) in [6.07, 6.45) is 1.32. The molecule has 1 aromatic rings. The highest BCUT2D eigenvalue weighted by Gasteiger charge is 2.48. The number of nitrogens with zero attached hydrogens (tertiary/aromatic N) is 1. The first-order valence-corrected chi connectivity index (χ1v) is 4.83. The van der Waals surface area contributed by atoms with Gasteiger partial charge in [0, 0.05) is 25.4 Å². The first-order chi connectivity index (χ1) is 8.06. The van der Waals surface area contributed by atoms with E-state index in [2.05, 4.69) is 9.72 Å². The van der Waals surface area contributed by atoms with Crippen LogP contribution >= 0.6 is 0 Å². The summed E-state index contributed by atoms with van der Waals surface area (Å²) in [5.41, 5.74) is -1.62. The Morgan fingerprint density at radius 1 is 1.41 bits per heavy atom. The van der Waals surface area contributed by atoms with Crippen LogP contribution in [-0.4, -0.2) is 41.8 Å². The fraction of sp³-hybridized carbons (Fsp3) is 0.364. The lowest BCUT2D eigenvalue weighted by atomic mass is 9.97. The second kappa shape index (κ2) is 5.40. The Morgan fingerprint density at radius 3 is 2.53 bits per heavy atom. The van der Waals surface area contributed by atoms with Crippen LogP contribution in [-0.2, 0) is 25.5 Å². The molecule has 0 spiro atoms. The molecule has 0 aromatic carbocycles. The maximum absolute atomic E-state index is 11.6. The van der Waals surface area contributed by atoms with Crippen LogP contribution in [0.3, 0.4) is 0 Å². The van der Waals surface area contributed by atoms with Crippen LogP contribution in [0.15, 0.2) is 24.4 Å². The number of carboxylic acids is 1. The zero-order valence-corrected chi connectivity index (χ0v) is 9.54. The van der Waals surface area contributed by atoms with Gasteiger partial charge in [0.05, 0.1) is 7.11 Å². The lowest BCUT2D eigenvalue weighted by molar-refractivity contribution is -0.182. The summed E-state index contributed by atoms with van der Waals surface area (Å²) in [5.74, 6) is -2.37. The molecule has 1 N–H and O–H groups in total. The first kappa shape index (κ1) is 13.1. The monoisotopic (exact) mass is 239 g/mol. The van der Waals surface area contributed by atoms with Crippen LogP contribution in [0, 0.1) is 0 Å². The number of carboxylic acid groups (broad SMARTS) is 1. The van der Waals surface area contributed by atoms with Gasteiger partial charge in [-0.25, -0.2) is 9.59 Å². The SMILES string of the molecule is COC(=O)C(Cc1ccccn1)(OC)C(=O)O. The van der Waals surface area contributed by atoms with Crippen LogP contribution in [0.25, 0.3) is 0 Å². The van der Waals surface area contributed by atoms with Crippen molar-refractivity contribution in [2.75, 3.05) is 14.2 Å². The summed E-state index contributed by atoms with van der Waals surface area (Å²) in [7, 11) is 2.26. The summed E-state index contributed by atoms with van der Waals surface area (Å²) in [6, 6.07) is 5.00. The number of hydrogen-bond donors (Lipinski definition) is 1. The Labute approximate surface area is 98.2 Å². The van der Waals surface area contributed by atoms with Gasteiger partial charge < -0.3 is 14.6 Å². The van der Waals surface area contributed by atoms with Crippen molar-refractivity contribution < 1.29 is 24.2 Å². The van der Waals surface area contributed by atoms with Crippen molar-refractivity contribution in [3.63, 3.8) is 0 Å². The predicted octanol–water partition coefficient (Wildman–Crippen LogP) is 0.267. The Morgan fingerprint density at radius 2 is 2.12 bits per heavy atom. The van der Waals surface area contributed by atoms with Gasteiger partial charge in [0.25, 0.3) is 5.60 Å². The highest BCUT2D eigenvalue weighted by atomic mass is 16.6. The second-order valence-corrected chi connectivity index (χ2v) is 3.33. The molecule has 0 bridgehead atoms. The van der Waals surface area contributed by atoms with Crippen LogP contribution in [0.2, 0.25) is 0 Å². The molecule has 0 aliphatic heterocycles. The van der Waals surface area contributed by atoms with Crippen molar-refractivity contribution >= 4 is 11.9 Å². The van der Waals surface area contributed by atoms with E-state index in [4.69, 9.17) is 9.84 Å². The number of aliphatic carboxylic acids is 1. The minimum absolute atomic E-state index is 0.188. The number of carbonyl (C=O) groups is 2. The Hall–Kier alpha value is -1.95. The first-order valence-electron chi connectivity index (χ1n) is 4.83. The zero-order valence-electron chi connectivity index (χ0n) is 9.54. The molecule has 1 unspecified atom stereocenters. The number of ether oxygens (including phenoxy) is 2. The highest BCUT2D eigenvalue weighted by Crippen LogP contribution is 2.18. The van der Waals surface area contributed by atoms with Gasteiger partial charge in [0.15, 0.2) is 0 Å². The number of hydrogen-bond acceptors (Lipinski definition) is 5. The molecule has 0 radical (unpaired) electrons. The van der Waals surface area contributed by atoms with E-state index in [9.17, 15) is 9.59 Å². The van der Waals surface area contributed by atoms with Gasteiger partial charge in [-0.05, 0) is 12.1 Å². The molecule has 0 aliphatic rings. The van der Waals surface area contributed by atoms with Crippen LogP contribution in [0.4, 0.5) is 0 Å². The molecule has 1 aromatic heterocycles. The van der Waals surface area contributed by atoms with Gasteiger partial charge in [-0.2, -0.15) is 0 Å². The van der Waals surface area contributed by atoms with Crippen molar-refractivity contribution in [1.29, 1.82) is 0 Å². The Kier molecular flexibility index (Phi) is 4.17. The number of rotatable bonds is 5. The molecule has 92 valence electrons. The lowest BCUT2D eigenvalue weighted by Crippen LogP contribution is -2.51. The minimum Gasteiger partial charge on any atom is -0.479 e. The van der Waals surface area contributed by atoms with Crippen molar-refractivity contribution in [1.82, 2.24) is 4.98 Å². The van der Waals surface area contributed by atoms with Gasteiger partial charge in [-0.15, -0.1) is 0 Å². The van der Waals surface area contributed by atoms with E-state index in [0.717, 1.165) is 14.2 Å². The topological polar surface area (TPSA) is 85.7 Å². The number of aromatic nitrogens is 1. The number of pyridine rings is 1. The lowest BCUT2D eigenvalue weighted by Gasteiger charge is -2.24. The fourth-order valence-electron chi connectivity index (χ4n) is 1.40. The Bertz CT molecular complexity index is 406. The molecule has 0 aliphatic carbocycles. The molecule has 1 heterocycles. The molecule has 0 saturated carbocycles. The smallest absolute Gasteiger partial charge is 0.350 e. The van der Waals surface area contributed by atoms with E-state index in [-0.39, 0.29) is 6.42 Å². The molecule has 0 amide bonds. The summed E-state index contributed by atoms with van der Waals surface area (Å²) in [6.45, 7) is 0. The van der Waals surface area contributed by atoms with Gasteiger partial charge in [-0.3, -0.25) is 4.98 Å². The van der Waals surface area contributed by atoms with Crippen LogP contribution in [0.5, 0.6) is 0 Å². The van der Waals surface area contributed by atoms with Crippen molar-refractivity contribution in [3.8, 4) is 0 Å². The van der Waals surface area contributed by atoms with Crippen LogP contribution in [0.1, 0.15) is 5.69 Å². The summed E-state index contributed by atoms with van der Waals surface area (Å²) in [5, 5.41) is 9.13. The average molecular weight is 239 g/mol. The molecule has 0 fully saturated rings. The standard InChI is InChI=1S/C11H13NO5/c1-16-10(15)11(17-2,9(13)14)7-8-5-3-4-6-12-8/h3-6H,7H2,1-2H3,(H,13,14). The normalized spacial score (nSPS) is 13.8. The zero-order chi connectivity index (χ0) is 12.9. The van der Waals surface area contributed by atoms with Gasteiger partial charge in [0.1, 0.15) is 0 Å². The number of esters is 1. The third kappa shape index (κ3) is 2.59. The van der Waals surface area contributed by atoms with E-state index < -0.39 is 17.5 Å². The molecule has 0 saturated heterocycles. The van der Waals surface area contributed by atoms with Gasteiger partial charge >= 0.3 is 11.9 Å². The van der Waals surface area contributed by atoms with Crippen molar-refractivity contribution in [3.05, 3.63) is 30.1 Å². The van der Waals surface area contributed by atoms with E-state index in [1.54, 1.807) is 18.2 Å². The third-order valence-electron chi connectivity index (χ3n) is 2.37. The second-order valence-electron chi connectivity index (χ2n) is 3.33. The quantitative estimate of drug-likeness (QED) is 0.586. The molecule has 6 heteroatoms. The van der Waals surface area contributed by atoms with Gasteiger partial charge in [0.2, 0.25) is 0 Å². The third-order valence-corrected chi connectivity index (χ3v) is 2.37. The minimum atomic E-state index is -2.05. The van der Waals surface area contributed by atoms with E-state index in [1.165, 1.54) is 6.20 Å². The number of carbonyl (C=O) groups excluding carboxylic acids is 1. The summed E-state index contributed by atoms with van der Waals surface area (Å²) >= 11 is 0. The van der Waals surface area contributed by atoms with E-state index in [0.29, 0.717) is 5.69 Å². The predicted molar refractivity (Wildman–Crippen MR) is 57.3 cm³/mol. The largest absolute Gasteiger partial charge is 0.479 e. The number of methoxy groups -OCH3 is 2. The molecule has 1 rings (SSSR count). The van der Waals surface area contributed by atoms with E-state index >= 15 is 0 Å². The van der Waals surface area contributed by atoms with E-state index in [1.807, 2.05) is 0 Å². The van der Waals surface area contributed by atoms with Crippen molar-refractivity contribution in [2.45, 2.75) is 12.0 Å². The molecule has 6 nitrogen and oxygen atoms in total. The Balaban J connectivity index is 3.07. The average Bonchev–Trinajstić information content (AvgIpc) is 2.36. The van der Waals surface area contributed by atoms with Crippen molar-refractivity contribution in [2.24, 2.45) is 0 Å².